The maximum absolute atomic E-state index is 6.02. The number of anilines is 3. The maximum atomic E-state index is 6.02. The molecule has 26 heavy (non-hydrogen) atoms. The summed E-state index contributed by atoms with van der Waals surface area (Å²) < 4.78 is 5.39. The van der Waals surface area contributed by atoms with E-state index in [1.165, 1.54) is 0 Å². The molecule has 5 nitrogen and oxygen atoms in total. The van der Waals surface area contributed by atoms with Crippen molar-refractivity contribution >= 4 is 29.1 Å². The molecule has 0 bridgehead atoms. The summed E-state index contributed by atoms with van der Waals surface area (Å²) in [5, 5.41) is 7.30. The van der Waals surface area contributed by atoms with E-state index >= 15 is 0 Å². The molecule has 0 spiro atoms. The molecule has 0 aliphatic carbocycles. The number of halogens is 1. The van der Waals surface area contributed by atoms with Crippen LogP contribution in [0, 0.1) is 13.8 Å². The molecule has 0 saturated carbocycles. The number of methoxy groups -OCH3 is 1. The van der Waals surface area contributed by atoms with Gasteiger partial charge in [-0.2, -0.15) is 4.98 Å². The molecule has 0 aliphatic rings. The second-order valence-electron chi connectivity index (χ2n) is 5.97. The third kappa shape index (κ3) is 4.43. The highest BCUT2D eigenvalue weighted by molar-refractivity contribution is 6.30. The Morgan fingerprint density at radius 2 is 1.85 bits per heavy atom. The third-order valence-electron chi connectivity index (χ3n) is 3.94. The van der Waals surface area contributed by atoms with Crippen molar-refractivity contribution in [3.63, 3.8) is 0 Å². The van der Waals surface area contributed by atoms with Gasteiger partial charge in [0.15, 0.2) is 0 Å². The van der Waals surface area contributed by atoms with Gasteiger partial charge >= 0.3 is 0 Å². The lowest BCUT2D eigenvalue weighted by atomic mass is 10.2. The number of aromatic nitrogens is 2. The Kier molecular flexibility index (Phi) is 5.58. The van der Waals surface area contributed by atoms with Gasteiger partial charge in [0, 0.05) is 34.6 Å². The zero-order chi connectivity index (χ0) is 18.5. The first-order chi connectivity index (χ1) is 12.5. The molecule has 0 amide bonds. The van der Waals surface area contributed by atoms with Gasteiger partial charge < -0.3 is 15.4 Å². The Bertz CT molecular complexity index is 914. The van der Waals surface area contributed by atoms with Crippen LogP contribution in [0.4, 0.5) is 17.5 Å². The smallest absolute Gasteiger partial charge is 0.229 e. The lowest BCUT2D eigenvalue weighted by Gasteiger charge is -2.13. The molecule has 6 heteroatoms. The molecule has 2 N–H and O–H groups in total. The number of para-hydroxylation sites is 1. The van der Waals surface area contributed by atoms with Gasteiger partial charge in [-0.25, -0.2) is 4.98 Å². The van der Waals surface area contributed by atoms with Crippen molar-refractivity contribution < 1.29 is 4.74 Å². The summed E-state index contributed by atoms with van der Waals surface area (Å²) in [6.45, 7) is 4.54. The number of nitrogens with one attached hydrogen (secondary N) is 2. The van der Waals surface area contributed by atoms with Crippen LogP contribution in [0.25, 0.3) is 0 Å². The Balaban J connectivity index is 1.77. The Morgan fingerprint density at radius 3 is 2.62 bits per heavy atom. The zero-order valence-corrected chi connectivity index (χ0v) is 15.8. The molecule has 0 unspecified atom stereocenters. The predicted octanol–water partition coefficient (Wildman–Crippen LogP) is 5.11. The van der Waals surface area contributed by atoms with Crippen molar-refractivity contribution in [2.45, 2.75) is 20.4 Å². The molecule has 1 heterocycles. The minimum atomic E-state index is 0.540. The summed E-state index contributed by atoms with van der Waals surface area (Å²) in [5.74, 6) is 2.14. The van der Waals surface area contributed by atoms with E-state index in [-0.39, 0.29) is 0 Å². The van der Waals surface area contributed by atoms with E-state index in [0.29, 0.717) is 17.5 Å². The van der Waals surface area contributed by atoms with Crippen LogP contribution in [-0.2, 0) is 6.54 Å². The van der Waals surface area contributed by atoms with Crippen LogP contribution < -0.4 is 15.4 Å². The molecule has 0 saturated heterocycles. The van der Waals surface area contributed by atoms with Crippen molar-refractivity contribution in [1.82, 2.24) is 9.97 Å². The van der Waals surface area contributed by atoms with Crippen LogP contribution >= 0.6 is 11.6 Å². The molecular weight excluding hydrogens is 348 g/mol. The second-order valence-corrected chi connectivity index (χ2v) is 6.40. The highest BCUT2D eigenvalue weighted by Gasteiger charge is 2.07. The van der Waals surface area contributed by atoms with E-state index < -0.39 is 0 Å². The van der Waals surface area contributed by atoms with Gasteiger partial charge in [-0.3, -0.25) is 0 Å². The lowest BCUT2D eigenvalue weighted by molar-refractivity contribution is 0.410. The summed E-state index contributed by atoms with van der Waals surface area (Å²) in [5.41, 5.74) is 3.90. The number of benzene rings is 2. The minimum absolute atomic E-state index is 0.540. The van der Waals surface area contributed by atoms with Crippen molar-refractivity contribution in [2.75, 3.05) is 17.7 Å². The summed E-state index contributed by atoms with van der Waals surface area (Å²) >= 11 is 6.02. The fourth-order valence-electron chi connectivity index (χ4n) is 2.64. The highest BCUT2D eigenvalue weighted by Crippen LogP contribution is 2.23. The molecule has 0 atom stereocenters. The highest BCUT2D eigenvalue weighted by atomic mass is 35.5. The molecule has 0 aliphatic heterocycles. The van der Waals surface area contributed by atoms with Crippen molar-refractivity contribution in [1.29, 1.82) is 0 Å². The average molecular weight is 369 g/mol. The quantitative estimate of drug-likeness (QED) is 0.633. The number of rotatable bonds is 6. The Hall–Kier alpha value is -2.79. The Labute approximate surface area is 158 Å². The maximum Gasteiger partial charge on any atom is 0.229 e. The summed E-state index contributed by atoms with van der Waals surface area (Å²) in [7, 11) is 1.67. The number of hydrogen-bond donors (Lipinski definition) is 2. The van der Waals surface area contributed by atoms with Crippen LogP contribution in [0.1, 0.15) is 16.8 Å². The van der Waals surface area contributed by atoms with Crippen LogP contribution in [0.2, 0.25) is 5.02 Å². The number of aryl methyl sites for hydroxylation is 2. The second kappa shape index (κ2) is 8.06. The normalized spacial score (nSPS) is 10.5. The van der Waals surface area contributed by atoms with E-state index in [0.717, 1.165) is 34.1 Å². The van der Waals surface area contributed by atoms with Gasteiger partial charge in [0.1, 0.15) is 11.6 Å². The zero-order valence-electron chi connectivity index (χ0n) is 15.0. The van der Waals surface area contributed by atoms with Crippen molar-refractivity contribution in [3.05, 3.63) is 70.4 Å². The largest absolute Gasteiger partial charge is 0.496 e. The summed E-state index contributed by atoms with van der Waals surface area (Å²) in [4.78, 5) is 9.02. The van der Waals surface area contributed by atoms with Gasteiger partial charge in [0.05, 0.1) is 7.11 Å². The fourth-order valence-corrected chi connectivity index (χ4v) is 2.86. The van der Waals surface area contributed by atoms with Gasteiger partial charge in [0.2, 0.25) is 5.95 Å². The van der Waals surface area contributed by atoms with E-state index in [4.69, 9.17) is 16.3 Å². The van der Waals surface area contributed by atoms with Crippen molar-refractivity contribution in [3.8, 4) is 5.75 Å². The summed E-state index contributed by atoms with van der Waals surface area (Å²) in [6.07, 6.45) is 0. The average Bonchev–Trinajstić information content (AvgIpc) is 2.62. The Morgan fingerprint density at radius 1 is 1.04 bits per heavy atom. The third-order valence-corrected chi connectivity index (χ3v) is 4.18. The van der Waals surface area contributed by atoms with Gasteiger partial charge in [0.25, 0.3) is 0 Å². The minimum Gasteiger partial charge on any atom is -0.496 e. The molecule has 3 aromatic rings. The SMILES string of the molecule is COc1ccccc1CNc1cc(C)nc(Nc2ccc(Cl)cc2C)n1. The van der Waals surface area contributed by atoms with Gasteiger partial charge in [-0.1, -0.05) is 29.8 Å². The molecule has 0 radical (unpaired) electrons. The summed E-state index contributed by atoms with van der Waals surface area (Å²) in [6, 6.07) is 15.5. The first-order valence-corrected chi connectivity index (χ1v) is 8.67. The number of hydrogen-bond acceptors (Lipinski definition) is 5. The van der Waals surface area contributed by atoms with Gasteiger partial charge in [-0.15, -0.1) is 0 Å². The number of nitrogens with zero attached hydrogens (tertiary/aromatic N) is 2. The van der Waals surface area contributed by atoms with E-state index in [1.54, 1.807) is 7.11 Å². The number of ether oxygens (including phenoxy) is 1. The molecule has 2 aromatic carbocycles. The van der Waals surface area contributed by atoms with Crippen LogP contribution in [-0.4, -0.2) is 17.1 Å². The molecule has 1 aromatic heterocycles. The molecular formula is C20H21ClN4O. The standard InChI is InChI=1S/C20H21ClN4O/c1-13-10-16(21)8-9-17(13)24-20-23-14(2)11-19(25-20)22-12-15-6-4-5-7-18(15)26-3/h4-11H,12H2,1-3H3,(H2,22,23,24,25). The topological polar surface area (TPSA) is 59.1 Å². The van der Waals surface area contributed by atoms with Crippen LogP contribution in [0.15, 0.2) is 48.5 Å². The monoisotopic (exact) mass is 368 g/mol. The van der Waals surface area contributed by atoms with Crippen LogP contribution in [0.3, 0.4) is 0 Å². The molecule has 134 valence electrons. The van der Waals surface area contributed by atoms with E-state index in [2.05, 4.69) is 20.6 Å². The van der Waals surface area contributed by atoms with E-state index in [9.17, 15) is 0 Å². The van der Waals surface area contributed by atoms with Crippen LogP contribution in [0.5, 0.6) is 5.75 Å². The first kappa shape index (κ1) is 18.0. The molecule has 3 rings (SSSR count). The fraction of sp³-hybridized carbons (Fsp3) is 0.200. The molecule has 0 fully saturated rings. The van der Waals surface area contributed by atoms with E-state index in [1.807, 2.05) is 62.4 Å². The first-order valence-electron chi connectivity index (χ1n) is 8.30. The lowest BCUT2D eigenvalue weighted by Crippen LogP contribution is -2.06. The van der Waals surface area contributed by atoms with Gasteiger partial charge in [-0.05, 0) is 43.7 Å². The van der Waals surface area contributed by atoms with Crippen molar-refractivity contribution in [2.24, 2.45) is 0 Å². The predicted molar refractivity (Wildman–Crippen MR) is 107 cm³/mol.